The molecule has 98 valence electrons. The van der Waals surface area contributed by atoms with Crippen molar-refractivity contribution in [1.82, 2.24) is 5.43 Å². The SMILES string of the molecule is COc1ccccc1NC(=S)N/N=C/c1ccsc1. The fraction of sp³-hybridized carbons (Fsp3) is 0.0769. The Labute approximate surface area is 121 Å². The van der Waals surface area contributed by atoms with Crippen LogP contribution in [-0.4, -0.2) is 18.4 Å². The molecule has 0 aliphatic carbocycles. The van der Waals surface area contributed by atoms with Crippen LogP contribution >= 0.6 is 23.6 Å². The van der Waals surface area contributed by atoms with Gasteiger partial charge in [0, 0.05) is 5.56 Å². The summed E-state index contributed by atoms with van der Waals surface area (Å²) in [6.45, 7) is 0. The van der Waals surface area contributed by atoms with Crippen molar-refractivity contribution in [2.75, 3.05) is 12.4 Å². The van der Waals surface area contributed by atoms with Crippen molar-refractivity contribution < 1.29 is 4.74 Å². The zero-order chi connectivity index (χ0) is 13.5. The van der Waals surface area contributed by atoms with Crippen molar-refractivity contribution >= 4 is 40.6 Å². The smallest absolute Gasteiger partial charge is 0.191 e. The molecule has 0 unspecified atom stereocenters. The minimum Gasteiger partial charge on any atom is -0.495 e. The van der Waals surface area contributed by atoms with Crippen molar-refractivity contribution in [1.29, 1.82) is 0 Å². The van der Waals surface area contributed by atoms with Crippen molar-refractivity contribution in [3.8, 4) is 5.75 Å². The highest BCUT2D eigenvalue weighted by molar-refractivity contribution is 7.80. The molecule has 0 amide bonds. The standard InChI is InChI=1S/C13H13N3OS2/c1-17-12-5-3-2-4-11(12)15-13(18)16-14-8-10-6-7-19-9-10/h2-9H,1H3,(H2,15,16,18)/b14-8+. The van der Waals surface area contributed by atoms with E-state index < -0.39 is 0 Å². The third kappa shape index (κ3) is 4.04. The Hall–Kier alpha value is -1.92. The minimum absolute atomic E-state index is 0.413. The van der Waals surface area contributed by atoms with Gasteiger partial charge in [0.25, 0.3) is 0 Å². The lowest BCUT2D eigenvalue weighted by Gasteiger charge is -2.10. The molecule has 0 bridgehead atoms. The first-order valence-corrected chi connectivity index (χ1v) is 6.90. The van der Waals surface area contributed by atoms with Crippen LogP contribution in [0, 0.1) is 0 Å². The Morgan fingerprint density at radius 2 is 2.21 bits per heavy atom. The number of methoxy groups -OCH3 is 1. The lowest BCUT2D eigenvalue weighted by Crippen LogP contribution is -2.24. The van der Waals surface area contributed by atoms with Gasteiger partial charge >= 0.3 is 0 Å². The van der Waals surface area contributed by atoms with Gasteiger partial charge in [0.05, 0.1) is 19.0 Å². The lowest BCUT2D eigenvalue weighted by molar-refractivity contribution is 0.417. The summed E-state index contributed by atoms with van der Waals surface area (Å²) < 4.78 is 5.22. The Kier molecular flexibility index (Phi) is 4.88. The van der Waals surface area contributed by atoms with Gasteiger partial charge in [0.2, 0.25) is 0 Å². The molecule has 19 heavy (non-hydrogen) atoms. The average molecular weight is 291 g/mol. The van der Waals surface area contributed by atoms with Crippen LogP contribution in [0.5, 0.6) is 5.75 Å². The highest BCUT2D eigenvalue weighted by Crippen LogP contribution is 2.22. The Morgan fingerprint density at radius 1 is 1.37 bits per heavy atom. The first-order valence-electron chi connectivity index (χ1n) is 5.55. The topological polar surface area (TPSA) is 45.6 Å². The van der Waals surface area contributed by atoms with E-state index in [1.54, 1.807) is 24.7 Å². The van der Waals surface area contributed by atoms with Crippen LogP contribution < -0.4 is 15.5 Å². The molecule has 0 aliphatic rings. The van der Waals surface area contributed by atoms with Gasteiger partial charge in [-0.2, -0.15) is 16.4 Å². The van der Waals surface area contributed by atoms with E-state index in [-0.39, 0.29) is 0 Å². The maximum Gasteiger partial charge on any atom is 0.191 e. The van der Waals surface area contributed by atoms with Crippen molar-refractivity contribution in [3.63, 3.8) is 0 Å². The number of nitrogens with one attached hydrogen (secondary N) is 2. The fourth-order valence-electron chi connectivity index (χ4n) is 1.41. The molecular weight excluding hydrogens is 278 g/mol. The van der Waals surface area contributed by atoms with Gasteiger partial charge in [-0.05, 0) is 41.2 Å². The van der Waals surface area contributed by atoms with Crippen LogP contribution in [0.25, 0.3) is 0 Å². The van der Waals surface area contributed by atoms with Crippen LogP contribution in [0.4, 0.5) is 5.69 Å². The highest BCUT2D eigenvalue weighted by Gasteiger charge is 2.02. The molecule has 0 fully saturated rings. The first kappa shape index (κ1) is 13.5. The predicted octanol–water partition coefficient (Wildman–Crippen LogP) is 3.08. The van der Waals surface area contributed by atoms with E-state index in [0.29, 0.717) is 5.11 Å². The molecule has 2 rings (SSSR count). The van der Waals surface area contributed by atoms with E-state index in [9.17, 15) is 0 Å². The molecule has 1 aromatic carbocycles. The maximum atomic E-state index is 5.22. The number of nitrogens with zero attached hydrogens (tertiary/aromatic N) is 1. The monoisotopic (exact) mass is 291 g/mol. The number of thiophene rings is 1. The molecule has 2 N–H and O–H groups in total. The number of para-hydroxylation sites is 2. The molecule has 1 aromatic heterocycles. The Bertz CT molecular complexity index is 567. The van der Waals surface area contributed by atoms with Gasteiger partial charge in [0.1, 0.15) is 5.75 Å². The molecular formula is C13H13N3OS2. The van der Waals surface area contributed by atoms with E-state index in [1.807, 2.05) is 41.1 Å². The summed E-state index contributed by atoms with van der Waals surface area (Å²) in [5.74, 6) is 0.730. The normalized spacial score (nSPS) is 10.4. The molecule has 0 aliphatic heterocycles. The van der Waals surface area contributed by atoms with Crippen LogP contribution in [0.3, 0.4) is 0 Å². The van der Waals surface area contributed by atoms with Gasteiger partial charge < -0.3 is 10.1 Å². The summed E-state index contributed by atoms with van der Waals surface area (Å²) in [7, 11) is 1.62. The van der Waals surface area contributed by atoms with E-state index in [0.717, 1.165) is 17.0 Å². The number of thiocarbonyl (C=S) groups is 1. The number of rotatable bonds is 4. The number of ether oxygens (including phenoxy) is 1. The summed E-state index contributed by atoms with van der Waals surface area (Å²) in [4.78, 5) is 0. The van der Waals surface area contributed by atoms with Crippen LogP contribution in [0.1, 0.15) is 5.56 Å². The molecule has 6 heteroatoms. The molecule has 0 spiro atoms. The van der Waals surface area contributed by atoms with Crippen LogP contribution in [0.2, 0.25) is 0 Å². The number of hydrogen-bond acceptors (Lipinski definition) is 4. The van der Waals surface area contributed by atoms with E-state index in [1.165, 1.54) is 0 Å². The Balaban J connectivity index is 1.91. The van der Waals surface area contributed by atoms with Gasteiger partial charge in [-0.25, -0.2) is 0 Å². The van der Waals surface area contributed by atoms with Crippen molar-refractivity contribution in [2.24, 2.45) is 5.10 Å². The minimum atomic E-state index is 0.413. The number of hydrazone groups is 1. The third-order valence-corrected chi connectivity index (χ3v) is 3.17. The molecule has 0 saturated heterocycles. The zero-order valence-corrected chi connectivity index (χ0v) is 11.9. The number of anilines is 1. The highest BCUT2D eigenvalue weighted by atomic mass is 32.1. The average Bonchev–Trinajstić information content (AvgIpc) is 2.92. The van der Waals surface area contributed by atoms with Crippen molar-refractivity contribution in [2.45, 2.75) is 0 Å². The quantitative estimate of drug-likeness (QED) is 0.516. The second kappa shape index (κ2) is 6.86. The van der Waals surface area contributed by atoms with Gasteiger partial charge in [-0.3, -0.25) is 5.43 Å². The second-order valence-corrected chi connectivity index (χ2v) is 4.77. The van der Waals surface area contributed by atoms with Crippen LogP contribution in [0.15, 0.2) is 46.2 Å². The van der Waals surface area contributed by atoms with Gasteiger partial charge in [-0.15, -0.1) is 0 Å². The predicted molar refractivity (Wildman–Crippen MR) is 84.3 cm³/mol. The molecule has 0 saturated carbocycles. The zero-order valence-electron chi connectivity index (χ0n) is 10.3. The van der Waals surface area contributed by atoms with E-state index >= 15 is 0 Å². The van der Waals surface area contributed by atoms with Gasteiger partial charge in [0.15, 0.2) is 5.11 Å². The molecule has 4 nitrogen and oxygen atoms in total. The molecule has 2 aromatic rings. The number of hydrogen-bond donors (Lipinski definition) is 2. The largest absolute Gasteiger partial charge is 0.495 e. The van der Waals surface area contributed by atoms with E-state index in [4.69, 9.17) is 17.0 Å². The summed E-state index contributed by atoms with van der Waals surface area (Å²) in [5, 5.41) is 11.5. The Morgan fingerprint density at radius 3 is 2.95 bits per heavy atom. The van der Waals surface area contributed by atoms with Gasteiger partial charge in [-0.1, -0.05) is 12.1 Å². The van der Waals surface area contributed by atoms with E-state index in [2.05, 4.69) is 15.8 Å². The molecule has 0 radical (unpaired) electrons. The van der Waals surface area contributed by atoms with Crippen LogP contribution in [-0.2, 0) is 0 Å². The molecule has 0 atom stereocenters. The summed E-state index contributed by atoms with van der Waals surface area (Å²) in [6, 6.07) is 9.53. The maximum absolute atomic E-state index is 5.22. The lowest BCUT2D eigenvalue weighted by atomic mass is 10.3. The summed E-state index contributed by atoms with van der Waals surface area (Å²) in [6.07, 6.45) is 1.71. The summed E-state index contributed by atoms with van der Waals surface area (Å²) in [5.41, 5.74) is 4.60. The fourth-order valence-corrected chi connectivity index (χ4v) is 2.19. The third-order valence-electron chi connectivity index (χ3n) is 2.28. The first-order chi connectivity index (χ1) is 9.29. The number of benzene rings is 1. The second-order valence-electron chi connectivity index (χ2n) is 3.58. The van der Waals surface area contributed by atoms with Crippen molar-refractivity contribution in [3.05, 3.63) is 46.7 Å². The molecule has 1 heterocycles. The summed E-state index contributed by atoms with van der Waals surface area (Å²) >= 11 is 6.77.